The molecule has 1 fully saturated rings. The summed E-state index contributed by atoms with van der Waals surface area (Å²) in [5, 5.41) is 5.49. The van der Waals surface area contributed by atoms with Crippen LogP contribution >= 0.6 is 11.8 Å². The highest BCUT2D eigenvalue weighted by molar-refractivity contribution is 8.14. The second-order valence-corrected chi connectivity index (χ2v) is 6.68. The Labute approximate surface area is 110 Å². The Bertz CT molecular complexity index is 247. The third kappa shape index (κ3) is 4.53. The molecule has 98 valence electrons. The van der Waals surface area contributed by atoms with Crippen molar-refractivity contribution in [2.24, 2.45) is 10.9 Å². The first-order chi connectivity index (χ1) is 8.38. The van der Waals surface area contributed by atoms with Gasteiger partial charge in [-0.15, -0.1) is 0 Å². The van der Waals surface area contributed by atoms with Gasteiger partial charge in [0.05, 0.1) is 6.54 Å². The van der Waals surface area contributed by atoms with Gasteiger partial charge in [-0.1, -0.05) is 57.2 Å². The number of hydrogen-bond donors (Lipinski definition) is 1. The predicted octanol–water partition coefficient (Wildman–Crippen LogP) is 3.82. The van der Waals surface area contributed by atoms with Crippen LogP contribution in [0.1, 0.15) is 58.3 Å². The van der Waals surface area contributed by atoms with Crippen molar-refractivity contribution in [2.75, 3.05) is 13.1 Å². The van der Waals surface area contributed by atoms with Crippen LogP contribution in [0.5, 0.6) is 0 Å². The van der Waals surface area contributed by atoms with Crippen molar-refractivity contribution in [2.45, 2.75) is 63.5 Å². The molecule has 2 aliphatic rings. The molecule has 3 heteroatoms. The third-order valence-electron chi connectivity index (χ3n) is 3.88. The summed E-state index contributed by atoms with van der Waals surface area (Å²) in [4.78, 5) is 4.59. The van der Waals surface area contributed by atoms with Crippen LogP contribution in [0.4, 0.5) is 0 Å². The van der Waals surface area contributed by atoms with E-state index >= 15 is 0 Å². The summed E-state index contributed by atoms with van der Waals surface area (Å²) in [6.07, 6.45) is 11.2. The summed E-state index contributed by atoms with van der Waals surface area (Å²) >= 11 is 1.96. The first kappa shape index (κ1) is 13.3. The smallest absolute Gasteiger partial charge is 0.156 e. The van der Waals surface area contributed by atoms with Crippen LogP contribution in [0.25, 0.3) is 0 Å². The van der Waals surface area contributed by atoms with E-state index in [1.165, 1.54) is 56.5 Å². The Morgan fingerprint density at radius 1 is 1.24 bits per heavy atom. The molecular formula is C14H26N2S. The molecule has 1 atom stereocenters. The number of rotatable bonds is 5. The zero-order valence-corrected chi connectivity index (χ0v) is 11.9. The van der Waals surface area contributed by atoms with Gasteiger partial charge < -0.3 is 5.32 Å². The van der Waals surface area contributed by atoms with Gasteiger partial charge in [0.1, 0.15) is 0 Å². The van der Waals surface area contributed by atoms with E-state index in [-0.39, 0.29) is 0 Å². The zero-order chi connectivity index (χ0) is 11.9. The van der Waals surface area contributed by atoms with Gasteiger partial charge in [-0.25, -0.2) is 0 Å². The van der Waals surface area contributed by atoms with Crippen molar-refractivity contribution < 1.29 is 0 Å². The Hall–Kier alpha value is -0.180. The Kier molecular flexibility index (Phi) is 5.69. The molecule has 1 aliphatic carbocycles. The van der Waals surface area contributed by atoms with Gasteiger partial charge >= 0.3 is 0 Å². The van der Waals surface area contributed by atoms with Crippen LogP contribution in [0.2, 0.25) is 0 Å². The number of amidine groups is 1. The average Bonchev–Trinajstić information content (AvgIpc) is 2.79. The molecule has 2 rings (SSSR count). The molecule has 0 aromatic heterocycles. The molecule has 0 saturated heterocycles. The van der Waals surface area contributed by atoms with Crippen LogP contribution in [0, 0.1) is 5.92 Å². The normalized spacial score (nSPS) is 25.9. The minimum absolute atomic E-state index is 0.747. The average molecular weight is 254 g/mol. The number of thioether (sulfide) groups is 1. The van der Waals surface area contributed by atoms with E-state index in [2.05, 4.69) is 17.2 Å². The van der Waals surface area contributed by atoms with Crippen molar-refractivity contribution in [3.63, 3.8) is 0 Å². The number of nitrogens with one attached hydrogen (secondary N) is 1. The summed E-state index contributed by atoms with van der Waals surface area (Å²) < 4.78 is 0. The molecule has 0 spiro atoms. The molecule has 2 nitrogen and oxygen atoms in total. The number of nitrogens with zero attached hydrogens (tertiary/aromatic N) is 1. The summed E-state index contributed by atoms with van der Waals surface area (Å²) in [6, 6.07) is 0. The first-order valence-corrected chi connectivity index (χ1v) is 8.21. The molecule has 1 aliphatic heterocycles. The van der Waals surface area contributed by atoms with E-state index in [4.69, 9.17) is 0 Å². The SMILES string of the molecule is CCCC1CN=C(NCCC2CCCCC2)S1. The molecule has 0 aromatic rings. The van der Waals surface area contributed by atoms with Gasteiger partial charge in [0.25, 0.3) is 0 Å². The lowest BCUT2D eigenvalue weighted by atomic mass is 9.87. The van der Waals surface area contributed by atoms with Gasteiger partial charge in [0.2, 0.25) is 0 Å². The predicted molar refractivity (Wildman–Crippen MR) is 77.8 cm³/mol. The highest BCUT2D eigenvalue weighted by atomic mass is 32.2. The molecule has 0 bridgehead atoms. The first-order valence-electron chi connectivity index (χ1n) is 7.33. The summed E-state index contributed by atoms with van der Waals surface area (Å²) in [7, 11) is 0. The Morgan fingerprint density at radius 2 is 2.06 bits per heavy atom. The van der Waals surface area contributed by atoms with Crippen LogP contribution < -0.4 is 5.32 Å². The molecular weight excluding hydrogens is 228 g/mol. The van der Waals surface area contributed by atoms with Crippen molar-refractivity contribution in [3.8, 4) is 0 Å². The van der Waals surface area contributed by atoms with Crippen molar-refractivity contribution >= 4 is 16.9 Å². The van der Waals surface area contributed by atoms with Gasteiger partial charge in [-0.2, -0.15) is 0 Å². The minimum Gasteiger partial charge on any atom is -0.365 e. The van der Waals surface area contributed by atoms with Crippen LogP contribution in [-0.4, -0.2) is 23.5 Å². The lowest BCUT2D eigenvalue weighted by molar-refractivity contribution is 0.339. The standard InChI is InChI=1S/C14H26N2S/c1-2-6-13-11-16-14(17-13)15-10-9-12-7-4-3-5-8-12/h12-13H,2-11H2,1H3,(H,15,16). The van der Waals surface area contributed by atoms with Gasteiger partial charge in [0.15, 0.2) is 5.17 Å². The van der Waals surface area contributed by atoms with E-state index in [1.54, 1.807) is 0 Å². The van der Waals surface area contributed by atoms with Crippen LogP contribution in [-0.2, 0) is 0 Å². The maximum Gasteiger partial charge on any atom is 0.156 e. The molecule has 17 heavy (non-hydrogen) atoms. The molecule has 1 unspecified atom stereocenters. The molecule has 1 saturated carbocycles. The van der Waals surface area contributed by atoms with Gasteiger partial charge in [-0.3, -0.25) is 4.99 Å². The van der Waals surface area contributed by atoms with Crippen LogP contribution in [0.3, 0.4) is 0 Å². The number of hydrogen-bond acceptors (Lipinski definition) is 3. The Balaban J connectivity index is 1.56. The van der Waals surface area contributed by atoms with Gasteiger partial charge in [-0.05, 0) is 18.8 Å². The molecule has 1 heterocycles. The fourth-order valence-corrected chi connectivity index (χ4v) is 4.00. The second-order valence-electron chi connectivity index (χ2n) is 5.39. The number of aliphatic imine (C=N–C) groups is 1. The highest BCUT2D eigenvalue weighted by Gasteiger charge is 2.19. The second kappa shape index (κ2) is 7.30. The molecule has 0 radical (unpaired) electrons. The van der Waals surface area contributed by atoms with E-state index in [0.717, 1.165) is 24.3 Å². The fraction of sp³-hybridized carbons (Fsp3) is 0.929. The lowest BCUT2D eigenvalue weighted by Crippen LogP contribution is -2.23. The van der Waals surface area contributed by atoms with E-state index in [9.17, 15) is 0 Å². The topological polar surface area (TPSA) is 24.4 Å². The summed E-state index contributed by atoms with van der Waals surface area (Å²) in [5.74, 6) is 0.981. The zero-order valence-electron chi connectivity index (χ0n) is 11.1. The maximum atomic E-state index is 4.59. The Morgan fingerprint density at radius 3 is 2.82 bits per heavy atom. The summed E-state index contributed by atoms with van der Waals surface area (Å²) in [5.41, 5.74) is 0. The minimum atomic E-state index is 0.747. The lowest BCUT2D eigenvalue weighted by Gasteiger charge is -2.21. The monoisotopic (exact) mass is 254 g/mol. The fourth-order valence-electron chi connectivity index (χ4n) is 2.85. The summed E-state index contributed by atoms with van der Waals surface area (Å²) in [6.45, 7) is 4.43. The van der Waals surface area contributed by atoms with Crippen molar-refractivity contribution in [1.29, 1.82) is 0 Å². The maximum absolute atomic E-state index is 4.59. The van der Waals surface area contributed by atoms with Crippen molar-refractivity contribution in [1.82, 2.24) is 5.32 Å². The molecule has 1 N–H and O–H groups in total. The largest absolute Gasteiger partial charge is 0.365 e. The molecule has 0 amide bonds. The van der Waals surface area contributed by atoms with Crippen LogP contribution in [0.15, 0.2) is 4.99 Å². The van der Waals surface area contributed by atoms with Crippen molar-refractivity contribution in [3.05, 3.63) is 0 Å². The van der Waals surface area contributed by atoms with Gasteiger partial charge in [0, 0.05) is 11.8 Å². The molecule has 0 aromatic carbocycles. The van der Waals surface area contributed by atoms with E-state index in [0.29, 0.717) is 0 Å². The quantitative estimate of drug-likeness (QED) is 0.806. The highest BCUT2D eigenvalue weighted by Crippen LogP contribution is 2.26. The van der Waals surface area contributed by atoms with E-state index in [1.807, 2.05) is 11.8 Å². The van der Waals surface area contributed by atoms with E-state index < -0.39 is 0 Å². The third-order valence-corrected chi connectivity index (χ3v) is 5.10.